The van der Waals surface area contributed by atoms with Gasteiger partial charge in [-0.05, 0) is 82.9 Å². The molecule has 64 heavy (non-hydrogen) atoms. The van der Waals surface area contributed by atoms with Gasteiger partial charge in [0.05, 0.1) is 50.2 Å². The van der Waals surface area contributed by atoms with Crippen molar-refractivity contribution < 1.29 is 4.42 Å². The molecule has 0 radical (unpaired) electrons. The molecule has 0 unspecified atom stereocenters. The molecule has 0 aliphatic rings. The largest absolute Gasteiger partial charge is 0.456 e. The zero-order valence-electron chi connectivity index (χ0n) is 34.6. The van der Waals surface area contributed by atoms with Crippen LogP contribution in [0.15, 0.2) is 229 Å². The Morgan fingerprint density at radius 3 is 1.08 bits per heavy atom. The topological polar surface area (TPSA) is 27.9 Å². The Hall–Kier alpha value is -8.60. The fraction of sp³-hybridized carbons (Fsp3) is 0. The maximum Gasteiger partial charge on any atom is 0.136 e. The van der Waals surface area contributed by atoms with E-state index in [1.165, 1.54) is 32.3 Å². The van der Waals surface area contributed by atoms with E-state index in [0.717, 1.165) is 94.4 Å². The van der Waals surface area contributed by atoms with Crippen LogP contribution in [0.1, 0.15) is 0 Å². The van der Waals surface area contributed by atoms with Crippen LogP contribution in [0.25, 0.3) is 127 Å². The Morgan fingerprint density at radius 1 is 0.266 bits per heavy atom. The van der Waals surface area contributed by atoms with Gasteiger partial charge in [-0.3, -0.25) is 0 Å². The third kappa shape index (κ3) is 4.93. The number of nitrogens with zero attached hydrogens (tertiary/aromatic N) is 3. The van der Waals surface area contributed by atoms with Gasteiger partial charge in [0, 0.05) is 43.1 Å². The molecule has 0 bridgehead atoms. The molecule has 298 valence electrons. The van der Waals surface area contributed by atoms with Crippen molar-refractivity contribution in [2.75, 3.05) is 0 Å². The first-order chi connectivity index (χ1) is 31.8. The summed E-state index contributed by atoms with van der Waals surface area (Å²) >= 11 is 0. The van der Waals surface area contributed by atoms with E-state index in [2.05, 4.69) is 232 Å². The van der Waals surface area contributed by atoms with Crippen LogP contribution in [0, 0.1) is 0 Å². The summed E-state index contributed by atoms with van der Waals surface area (Å²) in [6.07, 6.45) is 0. The minimum Gasteiger partial charge on any atom is -0.456 e. The molecule has 0 saturated carbocycles. The van der Waals surface area contributed by atoms with Gasteiger partial charge in [-0.1, -0.05) is 164 Å². The van der Waals surface area contributed by atoms with Crippen LogP contribution in [-0.4, -0.2) is 13.7 Å². The highest BCUT2D eigenvalue weighted by molar-refractivity contribution is 6.15. The molecule has 14 rings (SSSR count). The van der Waals surface area contributed by atoms with Gasteiger partial charge in [-0.25, -0.2) is 0 Å². The summed E-state index contributed by atoms with van der Waals surface area (Å²) in [7, 11) is 0. The zero-order valence-corrected chi connectivity index (χ0v) is 34.6. The van der Waals surface area contributed by atoms with Crippen molar-refractivity contribution in [2.24, 2.45) is 0 Å². The van der Waals surface area contributed by atoms with Crippen LogP contribution in [0.2, 0.25) is 0 Å². The van der Waals surface area contributed by atoms with Gasteiger partial charge in [-0.15, -0.1) is 0 Å². The van der Waals surface area contributed by atoms with Crippen molar-refractivity contribution in [1.29, 1.82) is 0 Å². The number of benzene rings is 10. The zero-order chi connectivity index (χ0) is 41.9. The predicted molar refractivity (Wildman–Crippen MR) is 268 cm³/mol. The molecule has 0 saturated heterocycles. The quantitative estimate of drug-likeness (QED) is 0.170. The molecule has 10 aromatic carbocycles. The number of aromatic nitrogens is 3. The van der Waals surface area contributed by atoms with Crippen molar-refractivity contribution in [3.8, 4) is 39.3 Å². The van der Waals surface area contributed by atoms with Gasteiger partial charge in [0.1, 0.15) is 11.2 Å². The van der Waals surface area contributed by atoms with E-state index in [-0.39, 0.29) is 0 Å². The number of hydrogen-bond acceptors (Lipinski definition) is 1. The summed E-state index contributed by atoms with van der Waals surface area (Å²) in [5, 5.41) is 9.61. The van der Waals surface area contributed by atoms with Crippen LogP contribution in [0.3, 0.4) is 0 Å². The Morgan fingerprint density at radius 2 is 0.625 bits per heavy atom. The molecular weight excluding hydrogens is 779 g/mol. The highest BCUT2D eigenvalue weighted by Crippen LogP contribution is 2.45. The van der Waals surface area contributed by atoms with Crippen LogP contribution in [0.5, 0.6) is 0 Å². The first kappa shape index (κ1) is 35.0. The first-order valence-electron chi connectivity index (χ1n) is 21.9. The fourth-order valence-electron chi connectivity index (χ4n) is 10.7. The normalized spacial score (nSPS) is 12.1. The molecule has 4 aromatic heterocycles. The lowest BCUT2D eigenvalue weighted by molar-refractivity contribution is 0.669. The second kappa shape index (κ2) is 13.4. The SMILES string of the molecule is c1ccc2c(c1)oc1cccc(-c3ccc(-c4cc(-n5c6ccccc6c6ccccc65)c(-n5c6ccccc6c6ccccc65)c(-n5c6ccccc6c6ccccc65)c4)cc3)c12. The van der Waals surface area contributed by atoms with Crippen LogP contribution < -0.4 is 0 Å². The average Bonchev–Trinajstić information content (AvgIpc) is 4.10. The number of fused-ring (bicyclic) bond motifs is 12. The third-order valence-corrected chi connectivity index (χ3v) is 13.4. The fourth-order valence-corrected chi connectivity index (χ4v) is 10.7. The predicted octanol–water partition coefficient (Wildman–Crippen LogP) is 16.2. The van der Waals surface area contributed by atoms with Gasteiger partial charge in [0.2, 0.25) is 0 Å². The highest BCUT2D eigenvalue weighted by atomic mass is 16.3. The van der Waals surface area contributed by atoms with Gasteiger partial charge in [0.15, 0.2) is 0 Å². The number of hydrogen-bond donors (Lipinski definition) is 0. The summed E-state index contributed by atoms with van der Waals surface area (Å²) < 4.78 is 13.8. The van der Waals surface area contributed by atoms with Gasteiger partial charge in [-0.2, -0.15) is 0 Å². The summed E-state index contributed by atoms with van der Waals surface area (Å²) in [5.41, 5.74) is 16.6. The smallest absolute Gasteiger partial charge is 0.136 e. The third-order valence-electron chi connectivity index (χ3n) is 13.4. The molecule has 0 amide bonds. The van der Waals surface area contributed by atoms with Crippen molar-refractivity contribution in [3.63, 3.8) is 0 Å². The average molecular weight is 816 g/mol. The van der Waals surface area contributed by atoms with Gasteiger partial charge in [0.25, 0.3) is 0 Å². The van der Waals surface area contributed by atoms with Crippen molar-refractivity contribution in [1.82, 2.24) is 13.7 Å². The van der Waals surface area contributed by atoms with E-state index in [4.69, 9.17) is 4.42 Å². The molecule has 4 nitrogen and oxygen atoms in total. The van der Waals surface area contributed by atoms with E-state index in [1.807, 2.05) is 6.07 Å². The lowest BCUT2D eigenvalue weighted by atomic mass is 9.96. The summed E-state index contributed by atoms with van der Waals surface area (Å²) in [5.74, 6) is 0. The Kier molecular flexibility index (Phi) is 7.36. The van der Waals surface area contributed by atoms with Gasteiger partial charge < -0.3 is 18.1 Å². The Labute approximate surface area is 367 Å². The van der Waals surface area contributed by atoms with E-state index >= 15 is 0 Å². The van der Waals surface area contributed by atoms with Crippen molar-refractivity contribution in [2.45, 2.75) is 0 Å². The minimum atomic E-state index is 0.898. The van der Waals surface area contributed by atoms with Crippen molar-refractivity contribution >= 4 is 87.4 Å². The van der Waals surface area contributed by atoms with E-state index in [9.17, 15) is 0 Å². The standard InChI is InChI=1S/C60H37N3O/c1-8-24-49-42(16-1)43-17-2-9-25-50(43)61(49)55-36-40(38-32-34-39(35-33-38)41-23-15-31-58-59(41)48-22-7-14-30-57(48)64-58)37-56(62-51-26-10-3-18-44(51)45-19-4-11-27-52(45)62)60(55)63-53-28-12-5-20-46(53)47-21-6-13-29-54(47)63/h1-37H. The highest BCUT2D eigenvalue weighted by Gasteiger charge is 2.26. The van der Waals surface area contributed by atoms with Gasteiger partial charge >= 0.3 is 0 Å². The molecule has 4 heteroatoms. The summed E-state index contributed by atoms with van der Waals surface area (Å²) in [6, 6.07) is 81.8. The number of para-hydroxylation sites is 7. The van der Waals surface area contributed by atoms with Crippen LogP contribution >= 0.6 is 0 Å². The molecule has 0 spiro atoms. The molecule has 0 fully saturated rings. The maximum absolute atomic E-state index is 6.32. The maximum atomic E-state index is 6.32. The number of rotatable bonds is 5. The van der Waals surface area contributed by atoms with E-state index in [0.29, 0.717) is 0 Å². The second-order valence-corrected chi connectivity index (χ2v) is 16.8. The lowest BCUT2D eigenvalue weighted by Gasteiger charge is -2.24. The van der Waals surface area contributed by atoms with Crippen LogP contribution in [0.4, 0.5) is 0 Å². The molecule has 0 N–H and O–H groups in total. The summed E-state index contributed by atoms with van der Waals surface area (Å²) in [6.45, 7) is 0. The number of furan rings is 1. The van der Waals surface area contributed by atoms with Crippen molar-refractivity contribution in [3.05, 3.63) is 224 Å². The lowest BCUT2D eigenvalue weighted by Crippen LogP contribution is -2.10. The molecule has 14 aromatic rings. The van der Waals surface area contributed by atoms with E-state index < -0.39 is 0 Å². The first-order valence-corrected chi connectivity index (χ1v) is 21.9. The summed E-state index contributed by atoms with van der Waals surface area (Å²) in [4.78, 5) is 0. The van der Waals surface area contributed by atoms with Crippen LogP contribution in [-0.2, 0) is 0 Å². The monoisotopic (exact) mass is 815 g/mol. The molecular formula is C60H37N3O. The molecule has 0 aliphatic heterocycles. The molecule has 0 atom stereocenters. The second-order valence-electron chi connectivity index (χ2n) is 16.8. The minimum absolute atomic E-state index is 0.898. The Balaban J connectivity index is 1.14. The van der Waals surface area contributed by atoms with E-state index in [1.54, 1.807) is 0 Å². The Bertz CT molecular complexity index is 3900. The molecule has 4 heterocycles. The molecule has 0 aliphatic carbocycles.